The largest absolute Gasteiger partial charge is 0.257 e. The maximum atomic E-state index is 3.98. The van der Waals surface area contributed by atoms with Crippen molar-refractivity contribution in [3.8, 4) is 0 Å². The summed E-state index contributed by atoms with van der Waals surface area (Å²) in [6.07, 6.45) is 6.75. The molecule has 0 saturated carbocycles. The fourth-order valence-electron chi connectivity index (χ4n) is 0.497. The van der Waals surface area contributed by atoms with Crippen molar-refractivity contribution in [1.29, 1.82) is 0 Å². The van der Waals surface area contributed by atoms with Crippen LogP contribution in [0, 0.1) is 0 Å². The highest BCUT2D eigenvalue weighted by Crippen LogP contribution is 1.91. The number of hydrogen-bond donors (Lipinski definition) is 0. The van der Waals surface area contributed by atoms with E-state index < -0.39 is 0 Å². The maximum Gasteiger partial charge on any atom is 0.0623 e. The van der Waals surface area contributed by atoms with E-state index in [1.54, 1.807) is 24.4 Å². The molecule has 0 unspecified atom stereocenters. The third kappa shape index (κ3) is 5.18. The number of hydrogen-bond acceptors (Lipinski definition) is 1. The molecule has 0 aromatic carbocycles. The summed E-state index contributed by atoms with van der Waals surface area (Å²) in [5.41, 5.74) is 0.924. The number of nitrogens with zero attached hydrogens (tertiary/aromatic N) is 1. The molecule has 0 aliphatic carbocycles. The van der Waals surface area contributed by atoms with Gasteiger partial charge in [0.2, 0.25) is 0 Å². The van der Waals surface area contributed by atoms with Crippen molar-refractivity contribution >= 4 is 6.08 Å². The molecule has 0 radical (unpaired) electrons. The van der Waals surface area contributed by atoms with Gasteiger partial charge in [0.25, 0.3) is 0 Å². The first kappa shape index (κ1) is 10.4. The van der Waals surface area contributed by atoms with E-state index in [1.165, 1.54) is 0 Å². The third-order valence-electron chi connectivity index (χ3n) is 1.06. The Kier molecular flexibility index (Phi) is 6.46. The fourth-order valence-corrected chi connectivity index (χ4v) is 0.497. The molecule has 0 spiro atoms. The van der Waals surface area contributed by atoms with Crippen LogP contribution in [0.1, 0.15) is 5.69 Å². The van der Waals surface area contributed by atoms with Crippen LogP contribution in [-0.4, -0.2) is 4.98 Å². The molecule has 62 valence electrons. The first-order chi connectivity index (χ1) is 5.85. The second-order valence-corrected chi connectivity index (χ2v) is 1.93. The molecule has 1 nitrogen and oxygen atoms in total. The van der Waals surface area contributed by atoms with Crippen LogP contribution in [0.3, 0.4) is 0 Å². The summed E-state index contributed by atoms with van der Waals surface area (Å²) in [6, 6.07) is 5.73. The Balaban J connectivity index is 0.000000261. The zero-order chi connectivity index (χ0) is 9.23. The van der Waals surface area contributed by atoms with Gasteiger partial charge in [-0.2, -0.15) is 0 Å². The molecule has 12 heavy (non-hydrogen) atoms. The van der Waals surface area contributed by atoms with E-state index in [0.29, 0.717) is 0 Å². The molecule has 0 aliphatic rings. The highest BCUT2D eigenvalue weighted by atomic mass is 14.6. The summed E-state index contributed by atoms with van der Waals surface area (Å²) >= 11 is 0. The van der Waals surface area contributed by atoms with Crippen molar-refractivity contribution in [3.63, 3.8) is 0 Å². The zero-order valence-corrected chi connectivity index (χ0v) is 7.11. The molecule has 0 saturated heterocycles. The summed E-state index contributed by atoms with van der Waals surface area (Å²) in [5.74, 6) is 0. The zero-order valence-electron chi connectivity index (χ0n) is 7.11. The topological polar surface area (TPSA) is 12.9 Å². The van der Waals surface area contributed by atoms with Crippen LogP contribution >= 0.6 is 0 Å². The molecule has 0 fully saturated rings. The van der Waals surface area contributed by atoms with E-state index >= 15 is 0 Å². The molecule has 1 aromatic rings. The van der Waals surface area contributed by atoms with E-state index in [0.717, 1.165) is 5.69 Å². The molecule has 0 aliphatic heterocycles. The predicted molar refractivity (Wildman–Crippen MR) is 54.7 cm³/mol. The van der Waals surface area contributed by atoms with Gasteiger partial charge in [0.05, 0.1) is 5.69 Å². The average molecular weight is 159 g/mol. The number of aromatic nitrogens is 1. The van der Waals surface area contributed by atoms with Crippen molar-refractivity contribution in [1.82, 2.24) is 4.98 Å². The number of pyridine rings is 1. The van der Waals surface area contributed by atoms with Gasteiger partial charge in [-0.3, -0.25) is 4.98 Å². The van der Waals surface area contributed by atoms with Crippen LogP contribution in [-0.2, 0) is 0 Å². The Morgan fingerprint density at radius 2 is 1.75 bits per heavy atom. The predicted octanol–water partition coefficient (Wildman–Crippen LogP) is 3.08. The second-order valence-electron chi connectivity index (χ2n) is 1.93. The summed E-state index contributed by atoms with van der Waals surface area (Å²) in [7, 11) is 0. The van der Waals surface area contributed by atoms with E-state index in [2.05, 4.69) is 24.7 Å². The van der Waals surface area contributed by atoms with Crippen molar-refractivity contribution in [2.45, 2.75) is 0 Å². The molecule has 0 bridgehead atoms. The van der Waals surface area contributed by atoms with Crippen LogP contribution in [0.4, 0.5) is 0 Å². The van der Waals surface area contributed by atoms with Gasteiger partial charge >= 0.3 is 0 Å². The fraction of sp³-hybridized carbons (Fsp3) is 0. The normalized spacial score (nSPS) is 7.33. The molecular formula is C11H13N. The molecular weight excluding hydrogens is 146 g/mol. The van der Waals surface area contributed by atoms with Crippen LogP contribution < -0.4 is 0 Å². The van der Waals surface area contributed by atoms with Gasteiger partial charge in [-0.1, -0.05) is 38.0 Å². The Morgan fingerprint density at radius 3 is 2.00 bits per heavy atom. The standard InChI is InChI=1S/C7H7N.C4H6/c1-2-7-5-3-4-6-8-7;1-3-4-2/h2-6H,1H2;3-4H,1-2H2. The van der Waals surface area contributed by atoms with E-state index in [1.807, 2.05) is 18.2 Å². The summed E-state index contributed by atoms with van der Waals surface area (Å²) in [4.78, 5) is 3.98. The molecule has 1 rings (SSSR count). The lowest BCUT2D eigenvalue weighted by Gasteiger charge is -1.84. The minimum Gasteiger partial charge on any atom is -0.257 e. The minimum absolute atomic E-state index is 0.924. The Bertz CT molecular complexity index is 230. The highest BCUT2D eigenvalue weighted by Gasteiger charge is 1.77. The molecule has 1 aromatic heterocycles. The minimum atomic E-state index is 0.924. The molecule has 1 heteroatoms. The van der Waals surface area contributed by atoms with Gasteiger partial charge in [-0.05, 0) is 18.2 Å². The van der Waals surface area contributed by atoms with Crippen LogP contribution in [0.2, 0.25) is 0 Å². The van der Waals surface area contributed by atoms with Gasteiger partial charge < -0.3 is 0 Å². The van der Waals surface area contributed by atoms with Crippen LogP contribution in [0.5, 0.6) is 0 Å². The monoisotopic (exact) mass is 159 g/mol. The van der Waals surface area contributed by atoms with Crippen molar-refractivity contribution < 1.29 is 0 Å². The van der Waals surface area contributed by atoms with Crippen molar-refractivity contribution in [2.24, 2.45) is 0 Å². The lowest BCUT2D eigenvalue weighted by atomic mass is 10.4. The lowest BCUT2D eigenvalue weighted by Crippen LogP contribution is -1.73. The van der Waals surface area contributed by atoms with Gasteiger partial charge in [0, 0.05) is 6.20 Å². The third-order valence-corrected chi connectivity index (χ3v) is 1.06. The average Bonchev–Trinajstić information content (AvgIpc) is 2.19. The van der Waals surface area contributed by atoms with Crippen LogP contribution in [0.25, 0.3) is 6.08 Å². The number of rotatable bonds is 2. The lowest BCUT2D eigenvalue weighted by molar-refractivity contribution is 1.30. The summed E-state index contributed by atoms with van der Waals surface area (Å²) < 4.78 is 0. The van der Waals surface area contributed by atoms with Crippen LogP contribution in [0.15, 0.2) is 56.3 Å². The van der Waals surface area contributed by atoms with E-state index in [4.69, 9.17) is 0 Å². The Morgan fingerprint density at radius 1 is 1.08 bits per heavy atom. The summed E-state index contributed by atoms with van der Waals surface area (Å²) in [6.45, 7) is 10.3. The SMILES string of the molecule is C=CC=C.C=Cc1ccccn1. The smallest absolute Gasteiger partial charge is 0.0623 e. The van der Waals surface area contributed by atoms with Crippen molar-refractivity contribution in [2.75, 3.05) is 0 Å². The van der Waals surface area contributed by atoms with Gasteiger partial charge in [-0.25, -0.2) is 0 Å². The van der Waals surface area contributed by atoms with E-state index in [-0.39, 0.29) is 0 Å². The quantitative estimate of drug-likeness (QED) is 0.604. The highest BCUT2D eigenvalue weighted by molar-refractivity contribution is 5.40. The second kappa shape index (κ2) is 7.48. The van der Waals surface area contributed by atoms with Gasteiger partial charge in [0.15, 0.2) is 0 Å². The van der Waals surface area contributed by atoms with E-state index in [9.17, 15) is 0 Å². The van der Waals surface area contributed by atoms with Gasteiger partial charge in [0.1, 0.15) is 0 Å². The first-order valence-corrected chi connectivity index (χ1v) is 3.62. The maximum absolute atomic E-state index is 3.98. The molecule has 0 amide bonds. The molecule has 0 N–H and O–H groups in total. The number of allylic oxidation sites excluding steroid dienone is 2. The van der Waals surface area contributed by atoms with Gasteiger partial charge in [-0.15, -0.1) is 0 Å². The molecule has 1 heterocycles. The van der Waals surface area contributed by atoms with Crippen molar-refractivity contribution in [3.05, 3.63) is 62.0 Å². The Labute approximate surface area is 73.8 Å². The first-order valence-electron chi connectivity index (χ1n) is 3.62. The molecule has 0 atom stereocenters. The Hall–Kier alpha value is -1.63. The summed E-state index contributed by atoms with van der Waals surface area (Å²) in [5, 5.41) is 0.